The number of nitrogens with zero attached hydrogens (tertiary/aromatic N) is 2. The molecule has 2 amide bonds. The second-order valence-electron chi connectivity index (χ2n) is 8.13. The van der Waals surface area contributed by atoms with Crippen LogP contribution in [0.2, 0.25) is 5.02 Å². The molecule has 0 radical (unpaired) electrons. The lowest BCUT2D eigenvalue weighted by molar-refractivity contribution is -0.140. The van der Waals surface area contributed by atoms with E-state index < -0.39 is 28.5 Å². The minimum absolute atomic E-state index is 0.0538. The molecule has 1 N–H and O–H groups in total. The van der Waals surface area contributed by atoms with Crippen LogP contribution < -0.4 is 9.62 Å². The van der Waals surface area contributed by atoms with Crippen molar-refractivity contribution in [3.8, 4) is 0 Å². The number of amides is 2. The van der Waals surface area contributed by atoms with E-state index in [1.165, 1.54) is 17.0 Å². The van der Waals surface area contributed by atoms with Gasteiger partial charge in [0.05, 0.1) is 10.6 Å². The Kier molecular flexibility index (Phi) is 9.50. The Bertz CT molecular complexity index is 1250. The summed E-state index contributed by atoms with van der Waals surface area (Å²) in [6.45, 7) is 3.73. The Morgan fingerprint density at radius 1 is 0.889 bits per heavy atom. The number of sulfonamides is 1. The van der Waals surface area contributed by atoms with Crippen LogP contribution in [0, 0.1) is 0 Å². The van der Waals surface area contributed by atoms with E-state index in [0.29, 0.717) is 23.7 Å². The Hall–Kier alpha value is -3.36. The number of hydrogen-bond acceptors (Lipinski definition) is 4. The van der Waals surface area contributed by atoms with Gasteiger partial charge in [-0.2, -0.15) is 0 Å². The van der Waals surface area contributed by atoms with Crippen LogP contribution in [0.25, 0.3) is 0 Å². The first-order valence-electron chi connectivity index (χ1n) is 11.7. The standard InChI is InChI=1S/C27H30ClN3O4S/c1-3-25(27(33)29-4-2)30(19-21-11-7-5-8-12-21)26(32)20-31(23-17-15-22(28)16-18-23)36(34,35)24-13-9-6-10-14-24/h5-18,25H,3-4,19-20H2,1-2H3,(H,29,33). The average molecular weight is 528 g/mol. The molecule has 1 atom stereocenters. The minimum Gasteiger partial charge on any atom is -0.355 e. The number of carbonyl (C=O) groups excluding carboxylic acids is 2. The molecule has 0 aliphatic carbocycles. The molecule has 0 aromatic heterocycles. The second-order valence-corrected chi connectivity index (χ2v) is 10.4. The van der Waals surface area contributed by atoms with Gasteiger partial charge in [-0.3, -0.25) is 13.9 Å². The molecule has 0 aliphatic rings. The number of halogens is 1. The number of benzene rings is 3. The van der Waals surface area contributed by atoms with E-state index in [0.717, 1.165) is 9.87 Å². The molecule has 0 saturated heterocycles. The molecule has 190 valence electrons. The van der Waals surface area contributed by atoms with Gasteiger partial charge in [0, 0.05) is 18.1 Å². The summed E-state index contributed by atoms with van der Waals surface area (Å²) in [6, 6.07) is 22.7. The third-order valence-corrected chi connectivity index (χ3v) is 7.70. The molecule has 0 saturated carbocycles. The first-order chi connectivity index (χ1) is 17.3. The van der Waals surface area contributed by atoms with E-state index in [2.05, 4.69) is 5.32 Å². The first kappa shape index (κ1) is 27.2. The zero-order chi connectivity index (χ0) is 26.1. The van der Waals surface area contributed by atoms with Crippen LogP contribution in [0.3, 0.4) is 0 Å². The third-order valence-electron chi connectivity index (χ3n) is 5.66. The van der Waals surface area contributed by atoms with Gasteiger partial charge in [-0.1, -0.05) is 67.1 Å². The fourth-order valence-corrected chi connectivity index (χ4v) is 5.41. The van der Waals surface area contributed by atoms with Crippen molar-refractivity contribution in [3.63, 3.8) is 0 Å². The number of anilines is 1. The molecule has 3 rings (SSSR count). The fraction of sp³-hybridized carbons (Fsp3) is 0.259. The highest BCUT2D eigenvalue weighted by Gasteiger charge is 2.33. The molecule has 3 aromatic carbocycles. The minimum atomic E-state index is -4.09. The molecule has 7 nitrogen and oxygen atoms in total. The predicted molar refractivity (Wildman–Crippen MR) is 142 cm³/mol. The van der Waals surface area contributed by atoms with Gasteiger partial charge in [0.25, 0.3) is 10.0 Å². The number of rotatable bonds is 11. The number of nitrogens with one attached hydrogen (secondary N) is 1. The fourth-order valence-electron chi connectivity index (χ4n) is 3.85. The van der Waals surface area contributed by atoms with Crippen LogP contribution in [-0.4, -0.2) is 44.3 Å². The smallest absolute Gasteiger partial charge is 0.264 e. The zero-order valence-corrected chi connectivity index (χ0v) is 21.9. The normalized spacial score (nSPS) is 12.0. The van der Waals surface area contributed by atoms with Gasteiger partial charge < -0.3 is 10.2 Å². The maximum Gasteiger partial charge on any atom is 0.264 e. The monoisotopic (exact) mass is 527 g/mol. The predicted octanol–water partition coefficient (Wildman–Crippen LogP) is 4.48. The summed E-state index contributed by atoms with van der Waals surface area (Å²) >= 11 is 6.03. The molecule has 0 bridgehead atoms. The van der Waals surface area contributed by atoms with Gasteiger partial charge >= 0.3 is 0 Å². The summed E-state index contributed by atoms with van der Waals surface area (Å²) in [5, 5.41) is 3.23. The number of hydrogen-bond donors (Lipinski definition) is 1. The van der Waals surface area contributed by atoms with Crippen LogP contribution >= 0.6 is 11.6 Å². The van der Waals surface area contributed by atoms with E-state index in [9.17, 15) is 18.0 Å². The number of carbonyl (C=O) groups is 2. The number of likely N-dealkylation sites (N-methyl/N-ethyl adjacent to an activating group) is 1. The lowest BCUT2D eigenvalue weighted by Crippen LogP contribution is -2.52. The van der Waals surface area contributed by atoms with E-state index in [1.807, 2.05) is 44.2 Å². The summed E-state index contributed by atoms with van der Waals surface area (Å²) in [7, 11) is -4.09. The average Bonchev–Trinajstić information content (AvgIpc) is 2.89. The van der Waals surface area contributed by atoms with Crippen LogP contribution in [0.15, 0.2) is 89.8 Å². The maximum atomic E-state index is 13.8. The van der Waals surface area contributed by atoms with Gasteiger partial charge in [0.2, 0.25) is 11.8 Å². The molecule has 0 fully saturated rings. The van der Waals surface area contributed by atoms with Gasteiger partial charge in [-0.15, -0.1) is 0 Å². The first-order valence-corrected chi connectivity index (χ1v) is 13.5. The van der Waals surface area contributed by atoms with Crippen molar-refractivity contribution < 1.29 is 18.0 Å². The zero-order valence-electron chi connectivity index (χ0n) is 20.3. The Labute approximate surface area is 217 Å². The highest BCUT2D eigenvalue weighted by molar-refractivity contribution is 7.92. The molecule has 0 heterocycles. The SMILES string of the molecule is CCNC(=O)C(CC)N(Cc1ccccc1)C(=O)CN(c1ccc(Cl)cc1)S(=O)(=O)c1ccccc1. The van der Waals surface area contributed by atoms with E-state index in [1.54, 1.807) is 42.5 Å². The molecule has 0 aliphatic heterocycles. The quantitative estimate of drug-likeness (QED) is 0.398. The summed E-state index contributed by atoms with van der Waals surface area (Å²) < 4.78 is 28.4. The van der Waals surface area contributed by atoms with Crippen LogP contribution in [-0.2, 0) is 26.2 Å². The van der Waals surface area contributed by atoms with E-state index in [-0.39, 0.29) is 17.3 Å². The lowest BCUT2D eigenvalue weighted by atomic mass is 10.1. The van der Waals surface area contributed by atoms with Crippen molar-refractivity contribution in [1.82, 2.24) is 10.2 Å². The third kappa shape index (κ3) is 6.65. The van der Waals surface area contributed by atoms with Gasteiger partial charge in [0.1, 0.15) is 12.6 Å². The summed E-state index contributed by atoms with van der Waals surface area (Å²) in [5.74, 6) is -0.778. The summed E-state index contributed by atoms with van der Waals surface area (Å²) in [6.07, 6.45) is 0.372. The largest absolute Gasteiger partial charge is 0.355 e. The van der Waals surface area contributed by atoms with Crippen molar-refractivity contribution in [3.05, 3.63) is 95.5 Å². The molecule has 9 heteroatoms. The Morgan fingerprint density at radius 2 is 1.47 bits per heavy atom. The lowest BCUT2D eigenvalue weighted by Gasteiger charge is -2.33. The molecule has 3 aromatic rings. The van der Waals surface area contributed by atoms with E-state index in [4.69, 9.17) is 11.6 Å². The van der Waals surface area contributed by atoms with E-state index >= 15 is 0 Å². The van der Waals surface area contributed by atoms with Crippen molar-refractivity contribution in [2.75, 3.05) is 17.4 Å². The molecular weight excluding hydrogens is 498 g/mol. The Balaban J connectivity index is 2.03. The molecule has 0 spiro atoms. The highest BCUT2D eigenvalue weighted by Crippen LogP contribution is 2.26. The van der Waals surface area contributed by atoms with Crippen LogP contribution in [0.1, 0.15) is 25.8 Å². The van der Waals surface area contributed by atoms with Gasteiger partial charge in [-0.25, -0.2) is 8.42 Å². The van der Waals surface area contributed by atoms with Crippen LogP contribution in [0.5, 0.6) is 0 Å². The summed E-state index contributed by atoms with van der Waals surface area (Å²) in [4.78, 5) is 28.2. The molecule has 1 unspecified atom stereocenters. The van der Waals surface area contributed by atoms with Gasteiger partial charge in [-0.05, 0) is 55.3 Å². The van der Waals surface area contributed by atoms with Crippen LogP contribution in [0.4, 0.5) is 5.69 Å². The van der Waals surface area contributed by atoms with Crippen molar-refractivity contribution in [1.29, 1.82) is 0 Å². The maximum absolute atomic E-state index is 13.8. The molecular formula is C27H30ClN3O4S. The highest BCUT2D eigenvalue weighted by atomic mass is 35.5. The van der Waals surface area contributed by atoms with Crippen molar-refractivity contribution in [2.24, 2.45) is 0 Å². The molecule has 36 heavy (non-hydrogen) atoms. The van der Waals surface area contributed by atoms with Gasteiger partial charge in [0.15, 0.2) is 0 Å². The summed E-state index contributed by atoms with van der Waals surface area (Å²) in [5.41, 5.74) is 1.12. The second kappa shape index (κ2) is 12.6. The topological polar surface area (TPSA) is 86.8 Å². The van der Waals surface area contributed by atoms with Crippen molar-refractivity contribution in [2.45, 2.75) is 37.8 Å². The van der Waals surface area contributed by atoms with Crippen molar-refractivity contribution >= 4 is 39.1 Å². The Morgan fingerprint density at radius 3 is 2.03 bits per heavy atom.